The number of anilines is 1. The molecule has 6 nitrogen and oxygen atoms in total. The second-order valence-electron chi connectivity index (χ2n) is 3.25. The van der Waals surface area contributed by atoms with E-state index < -0.39 is 5.97 Å². The quantitative estimate of drug-likeness (QED) is 0.820. The summed E-state index contributed by atoms with van der Waals surface area (Å²) in [7, 11) is 0. The van der Waals surface area contributed by atoms with E-state index >= 15 is 0 Å². The van der Waals surface area contributed by atoms with Gasteiger partial charge in [-0.3, -0.25) is 4.98 Å². The van der Waals surface area contributed by atoms with Crippen LogP contribution in [0.15, 0.2) is 36.7 Å². The predicted octanol–water partition coefficient (Wildman–Crippen LogP) is 1.18. The number of aromatic carboxylic acids is 1. The summed E-state index contributed by atoms with van der Waals surface area (Å²) >= 11 is 0. The number of carbonyl (C=O) groups is 1. The molecule has 0 saturated carbocycles. The summed E-state index contributed by atoms with van der Waals surface area (Å²) in [6, 6.07) is 6.89. The molecule has 0 spiro atoms. The van der Waals surface area contributed by atoms with Crippen LogP contribution in [-0.2, 0) is 6.54 Å². The Morgan fingerprint density at radius 1 is 1.24 bits per heavy atom. The lowest BCUT2D eigenvalue weighted by Crippen LogP contribution is -2.08. The van der Waals surface area contributed by atoms with Crippen LogP contribution in [0, 0.1) is 0 Å². The van der Waals surface area contributed by atoms with Crippen molar-refractivity contribution in [3.05, 3.63) is 48.0 Å². The summed E-state index contributed by atoms with van der Waals surface area (Å²) < 4.78 is 0. The van der Waals surface area contributed by atoms with Crippen LogP contribution < -0.4 is 5.32 Å². The minimum atomic E-state index is -1.08. The standard InChI is InChI=1S/C11H10N4O2/c16-10(17)9-4-6-13-11(15-9)14-7-8-3-1-2-5-12-8/h1-6H,7H2,(H,16,17)(H,13,14,15). The van der Waals surface area contributed by atoms with Crippen LogP contribution in [0.4, 0.5) is 5.95 Å². The second kappa shape index (κ2) is 5.02. The van der Waals surface area contributed by atoms with Gasteiger partial charge >= 0.3 is 5.97 Å². The first kappa shape index (κ1) is 11.0. The highest BCUT2D eigenvalue weighted by Crippen LogP contribution is 2.02. The zero-order valence-corrected chi connectivity index (χ0v) is 8.87. The molecule has 0 radical (unpaired) electrons. The number of rotatable bonds is 4. The maximum atomic E-state index is 10.7. The number of aromatic nitrogens is 3. The van der Waals surface area contributed by atoms with Crippen molar-refractivity contribution in [3.63, 3.8) is 0 Å². The third kappa shape index (κ3) is 2.97. The molecule has 0 aliphatic rings. The molecular formula is C11H10N4O2. The lowest BCUT2D eigenvalue weighted by molar-refractivity contribution is 0.0690. The van der Waals surface area contributed by atoms with Gasteiger partial charge in [0.25, 0.3) is 0 Å². The molecule has 0 saturated heterocycles. The van der Waals surface area contributed by atoms with E-state index in [1.54, 1.807) is 6.20 Å². The van der Waals surface area contributed by atoms with Crippen molar-refractivity contribution in [2.45, 2.75) is 6.54 Å². The maximum absolute atomic E-state index is 10.7. The zero-order valence-electron chi connectivity index (χ0n) is 8.87. The molecule has 17 heavy (non-hydrogen) atoms. The predicted molar refractivity (Wildman–Crippen MR) is 60.6 cm³/mol. The Morgan fingerprint density at radius 2 is 2.12 bits per heavy atom. The average molecular weight is 230 g/mol. The number of nitrogens with one attached hydrogen (secondary N) is 1. The van der Waals surface area contributed by atoms with Crippen LogP contribution in [0.3, 0.4) is 0 Å². The Balaban J connectivity index is 2.04. The van der Waals surface area contributed by atoms with Crippen LogP contribution >= 0.6 is 0 Å². The SMILES string of the molecule is O=C(O)c1ccnc(NCc2ccccn2)n1. The molecule has 0 atom stereocenters. The van der Waals surface area contributed by atoms with Gasteiger partial charge in [-0.25, -0.2) is 14.8 Å². The average Bonchev–Trinajstić information content (AvgIpc) is 2.38. The molecule has 0 aliphatic carbocycles. The molecule has 2 N–H and O–H groups in total. The van der Waals surface area contributed by atoms with Crippen LogP contribution in [0.2, 0.25) is 0 Å². The van der Waals surface area contributed by atoms with Crippen molar-refractivity contribution in [3.8, 4) is 0 Å². The van der Waals surface area contributed by atoms with E-state index in [4.69, 9.17) is 5.11 Å². The van der Waals surface area contributed by atoms with E-state index in [0.717, 1.165) is 5.69 Å². The summed E-state index contributed by atoms with van der Waals surface area (Å²) in [4.78, 5) is 22.6. The molecule has 6 heteroatoms. The molecule has 2 heterocycles. The Hall–Kier alpha value is -2.50. The number of carboxylic acids is 1. The molecule has 0 aliphatic heterocycles. The van der Waals surface area contributed by atoms with Crippen molar-refractivity contribution in [2.24, 2.45) is 0 Å². The van der Waals surface area contributed by atoms with Gasteiger partial charge in [-0.2, -0.15) is 0 Å². The van der Waals surface area contributed by atoms with Crippen molar-refractivity contribution in [2.75, 3.05) is 5.32 Å². The van der Waals surface area contributed by atoms with E-state index in [1.165, 1.54) is 12.3 Å². The van der Waals surface area contributed by atoms with Gasteiger partial charge in [0.05, 0.1) is 12.2 Å². The summed E-state index contributed by atoms with van der Waals surface area (Å²) in [5, 5.41) is 11.7. The van der Waals surface area contributed by atoms with Gasteiger partial charge < -0.3 is 10.4 Å². The normalized spacial score (nSPS) is 9.88. The van der Waals surface area contributed by atoms with Gasteiger partial charge in [0.2, 0.25) is 5.95 Å². The summed E-state index contributed by atoms with van der Waals surface area (Å²) in [6.45, 7) is 0.448. The van der Waals surface area contributed by atoms with Gasteiger partial charge in [0.15, 0.2) is 5.69 Å². The number of pyridine rings is 1. The summed E-state index contributed by atoms with van der Waals surface area (Å²) in [5.41, 5.74) is 0.792. The van der Waals surface area contributed by atoms with Gasteiger partial charge in [0.1, 0.15) is 0 Å². The molecule has 0 aromatic carbocycles. The summed E-state index contributed by atoms with van der Waals surface area (Å²) in [6.07, 6.45) is 3.09. The van der Waals surface area contributed by atoms with E-state index in [9.17, 15) is 4.79 Å². The van der Waals surface area contributed by atoms with Gasteiger partial charge in [0, 0.05) is 12.4 Å². The topological polar surface area (TPSA) is 88.0 Å². The lowest BCUT2D eigenvalue weighted by atomic mass is 10.3. The van der Waals surface area contributed by atoms with Crippen molar-refractivity contribution in [1.29, 1.82) is 0 Å². The Morgan fingerprint density at radius 3 is 2.82 bits per heavy atom. The number of carboxylic acid groups (broad SMARTS) is 1. The van der Waals surface area contributed by atoms with Crippen LogP contribution in [0.25, 0.3) is 0 Å². The monoisotopic (exact) mass is 230 g/mol. The Bertz CT molecular complexity index is 516. The smallest absolute Gasteiger partial charge is 0.354 e. The van der Waals surface area contributed by atoms with E-state index in [2.05, 4.69) is 20.3 Å². The molecule has 0 bridgehead atoms. The zero-order chi connectivity index (χ0) is 12.1. The first-order chi connectivity index (χ1) is 8.25. The maximum Gasteiger partial charge on any atom is 0.354 e. The third-order valence-corrected chi connectivity index (χ3v) is 2.03. The molecule has 86 valence electrons. The van der Waals surface area contributed by atoms with Crippen molar-refractivity contribution < 1.29 is 9.90 Å². The number of nitrogens with zero attached hydrogens (tertiary/aromatic N) is 3. The van der Waals surface area contributed by atoms with E-state index in [0.29, 0.717) is 6.54 Å². The van der Waals surface area contributed by atoms with Crippen LogP contribution in [0.1, 0.15) is 16.2 Å². The molecule has 0 unspecified atom stereocenters. The van der Waals surface area contributed by atoms with Crippen molar-refractivity contribution in [1.82, 2.24) is 15.0 Å². The van der Waals surface area contributed by atoms with Gasteiger partial charge in [-0.15, -0.1) is 0 Å². The molecule has 2 rings (SSSR count). The van der Waals surface area contributed by atoms with Crippen molar-refractivity contribution >= 4 is 11.9 Å². The molecule has 0 amide bonds. The van der Waals surface area contributed by atoms with Crippen LogP contribution in [-0.4, -0.2) is 26.0 Å². The number of hydrogen-bond acceptors (Lipinski definition) is 5. The Kier molecular flexibility index (Phi) is 3.25. The van der Waals surface area contributed by atoms with E-state index in [1.807, 2.05) is 18.2 Å². The number of hydrogen-bond donors (Lipinski definition) is 2. The lowest BCUT2D eigenvalue weighted by Gasteiger charge is -2.04. The first-order valence-corrected chi connectivity index (χ1v) is 4.96. The Labute approximate surface area is 97.4 Å². The van der Waals surface area contributed by atoms with Gasteiger partial charge in [-0.05, 0) is 18.2 Å². The van der Waals surface area contributed by atoms with E-state index in [-0.39, 0.29) is 11.6 Å². The summed E-state index contributed by atoms with van der Waals surface area (Å²) in [5.74, 6) is -0.802. The molecule has 2 aromatic rings. The third-order valence-electron chi connectivity index (χ3n) is 2.03. The molecule has 2 aromatic heterocycles. The largest absolute Gasteiger partial charge is 0.477 e. The highest BCUT2D eigenvalue weighted by atomic mass is 16.4. The minimum absolute atomic E-state index is 0.0384. The highest BCUT2D eigenvalue weighted by molar-refractivity contribution is 5.85. The molecule has 0 fully saturated rings. The minimum Gasteiger partial charge on any atom is -0.477 e. The fraction of sp³-hybridized carbons (Fsp3) is 0.0909. The highest BCUT2D eigenvalue weighted by Gasteiger charge is 2.05. The molecular weight excluding hydrogens is 220 g/mol. The fourth-order valence-electron chi connectivity index (χ4n) is 1.24. The second-order valence-corrected chi connectivity index (χ2v) is 3.25. The fourth-order valence-corrected chi connectivity index (χ4v) is 1.24. The first-order valence-electron chi connectivity index (χ1n) is 4.96. The van der Waals surface area contributed by atoms with Crippen LogP contribution in [0.5, 0.6) is 0 Å². The van der Waals surface area contributed by atoms with Gasteiger partial charge in [-0.1, -0.05) is 6.07 Å².